The Balaban J connectivity index is 2.46. The van der Waals surface area contributed by atoms with Crippen LogP contribution in [0.25, 0.3) is 11.1 Å². The molecule has 0 spiro atoms. The Morgan fingerprint density at radius 2 is 1.65 bits per heavy atom. The van der Waals surface area contributed by atoms with E-state index >= 15 is 0 Å². The molecular formula is C15H13ClF3N. The van der Waals surface area contributed by atoms with Crippen LogP contribution in [0.1, 0.15) is 11.1 Å². The smallest absolute Gasteiger partial charge is 0.330 e. The highest BCUT2D eigenvalue weighted by molar-refractivity contribution is 6.33. The summed E-state index contributed by atoms with van der Waals surface area (Å²) in [5, 5.41) is 0.510. The minimum absolute atomic E-state index is 0.452. The van der Waals surface area contributed by atoms with Gasteiger partial charge >= 0.3 is 6.18 Å². The minimum Gasteiger partial charge on any atom is -0.330 e. The predicted octanol–water partition coefficient (Wildman–Crippen LogP) is 4.53. The summed E-state index contributed by atoms with van der Waals surface area (Å²) >= 11 is 6.17. The van der Waals surface area contributed by atoms with Crippen molar-refractivity contribution in [3.05, 3.63) is 58.6 Å². The third-order valence-corrected chi connectivity index (χ3v) is 3.33. The molecule has 0 unspecified atom stereocenters. The Bertz CT molecular complexity index is 591. The maximum Gasteiger partial charge on any atom is 0.416 e. The molecule has 0 aromatic heterocycles. The molecule has 2 N–H and O–H groups in total. The Hall–Kier alpha value is -1.52. The predicted molar refractivity (Wildman–Crippen MR) is 74.6 cm³/mol. The fourth-order valence-electron chi connectivity index (χ4n) is 2.08. The van der Waals surface area contributed by atoms with Gasteiger partial charge in [-0.25, -0.2) is 0 Å². The van der Waals surface area contributed by atoms with Crippen molar-refractivity contribution >= 4 is 11.6 Å². The van der Waals surface area contributed by atoms with E-state index in [1.54, 1.807) is 12.1 Å². The largest absolute Gasteiger partial charge is 0.416 e. The molecule has 20 heavy (non-hydrogen) atoms. The number of hydrogen-bond donors (Lipinski definition) is 1. The molecule has 0 fully saturated rings. The first-order valence-corrected chi connectivity index (χ1v) is 6.46. The van der Waals surface area contributed by atoms with E-state index < -0.39 is 11.7 Å². The first-order chi connectivity index (χ1) is 9.43. The zero-order valence-corrected chi connectivity index (χ0v) is 11.3. The lowest BCUT2D eigenvalue weighted by atomic mass is 9.96. The minimum atomic E-state index is -4.33. The summed E-state index contributed by atoms with van der Waals surface area (Å²) in [6.45, 7) is 0.452. The SMILES string of the molecule is NCCc1cccc(Cl)c1-c1ccc(C(F)(F)F)cc1. The van der Waals surface area contributed by atoms with Crippen molar-refractivity contribution < 1.29 is 13.2 Å². The van der Waals surface area contributed by atoms with Gasteiger partial charge in [0.15, 0.2) is 0 Å². The van der Waals surface area contributed by atoms with E-state index in [4.69, 9.17) is 17.3 Å². The van der Waals surface area contributed by atoms with Gasteiger partial charge in [0, 0.05) is 10.6 Å². The van der Waals surface area contributed by atoms with Crippen LogP contribution in [-0.2, 0) is 12.6 Å². The fraction of sp³-hybridized carbons (Fsp3) is 0.200. The maximum atomic E-state index is 12.6. The van der Waals surface area contributed by atoms with Crippen molar-refractivity contribution in [2.45, 2.75) is 12.6 Å². The summed E-state index contributed by atoms with van der Waals surface area (Å²) in [4.78, 5) is 0. The van der Waals surface area contributed by atoms with E-state index in [1.807, 2.05) is 6.07 Å². The van der Waals surface area contributed by atoms with Gasteiger partial charge in [0.25, 0.3) is 0 Å². The quantitative estimate of drug-likeness (QED) is 0.885. The van der Waals surface area contributed by atoms with Crippen molar-refractivity contribution in [2.24, 2.45) is 5.73 Å². The summed E-state index contributed by atoms with van der Waals surface area (Å²) in [7, 11) is 0. The number of benzene rings is 2. The second kappa shape index (κ2) is 5.85. The van der Waals surface area contributed by atoms with Crippen molar-refractivity contribution in [3.8, 4) is 11.1 Å². The number of halogens is 4. The van der Waals surface area contributed by atoms with Crippen molar-refractivity contribution in [1.29, 1.82) is 0 Å². The standard InChI is InChI=1S/C15H13ClF3N/c16-13-3-1-2-10(8-9-20)14(13)11-4-6-12(7-5-11)15(17,18)19/h1-7H,8-9,20H2. The van der Waals surface area contributed by atoms with Crippen LogP contribution in [0.4, 0.5) is 13.2 Å². The summed E-state index contributed by atoms with van der Waals surface area (Å²) in [5.41, 5.74) is 7.21. The number of nitrogens with two attached hydrogens (primary N) is 1. The van der Waals surface area contributed by atoms with Gasteiger partial charge in [-0.1, -0.05) is 35.9 Å². The van der Waals surface area contributed by atoms with Crippen molar-refractivity contribution in [1.82, 2.24) is 0 Å². The molecule has 0 bridgehead atoms. The van der Waals surface area contributed by atoms with Crippen LogP contribution in [0.3, 0.4) is 0 Å². The molecule has 106 valence electrons. The van der Waals surface area contributed by atoms with Crippen LogP contribution in [0.15, 0.2) is 42.5 Å². The average Bonchev–Trinajstić information content (AvgIpc) is 2.38. The molecule has 0 amide bonds. The lowest BCUT2D eigenvalue weighted by Gasteiger charge is -2.12. The highest BCUT2D eigenvalue weighted by Gasteiger charge is 2.30. The summed E-state index contributed by atoms with van der Waals surface area (Å²) in [5.74, 6) is 0. The molecule has 0 saturated carbocycles. The molecule has 0 atom stereocenters. The van der Waals surface area contributed by atoms with Crippen molar-refractivity contribution in [2.75, 3.05) is 6.54 Å². The summed E-state index contributed by atoms with van der Waals surface area (Å²) in [6, 6.07) is 10.4. The Kier molecular flexibility index (Phi) is 4.35. The average molecular weight is 300 g/mol. The molecule has 0 aliphatic rings. The number of alkyl halides is 3. The second-order valence-electron chi connectivity index (χ2n) is 4.39. The lowest BCUT2D eigenvalue weighted by Crippen LogP contribution is -2.05. The van der Waals surface area contributed by atoms with E-state index in [-0.39, 0.29) is 0 Å². The van der Waals surface area contributed by atoms with E-state index in [9.17, 15) is 13.2 Å². The van der Waals surface area contributed by atoms with E-state index in [0.717, 1.165) is 23.3 Å². The molecule has 0 aliphatic carbocycles. The van der Waals surface area contributed by atoms with Gasteiger partial charge in [0.2, 0.25) is 0 Å². The summed E-state index contributed by atoms with van der Waals surface area (Å²) < 4.78 is 37.7. The zero-order chi connectivity index (χ0) is 14.8. The molecule has 2 aromatic rings. The van der Waals surface area contributed by atoms with E-state index in [2.05, 4.69) is 0 Å². The molecule has 0 heterocycles. The molecule has 0 radical (unpaired) electrons. The van der Waals surface area contributed by atoms with Gasteiger partial charge in [-0.15, -0.1) is 0 Å². The first kappa shape index (κ1) is 14.9. The van der Waals surface area contributed by atoms with Crippen LogP contribution >= 0.6 is 11.6 Å². The van der Waals surface area contributed by atoms with Gasteiger partial charge in [-0.05, 0) is 42.3 Å². The lowest BCUT2D eigenvalue weighted by molar-refractivity contribution is -0.137. The molecule has 0 saturated heterocycles. The monoisotopic (exact) mass is 299 g/mol. The molecular weight excluding hydrogens is 287 g/mol. The van der Waals surface area contributed by atoms with Gasteiger partial charge in [-0.2, -0.15) is 13.2 Å². The highest BCUT2D eigenvalue weighted by Crippen LogP contribution is 2.34. The Morgan fingerprint density at radius 1 is 1.00 bits per heavy atom. The maximum absolute atomic E-state index is 12.6. The van der Waals surface area contributed by atoms with Crippen LogP contribution in [-0.4, -0.2) is 6.54 Å². The van der Waals surface area contributed by atoms with E-state index in [1.165, 1.54) is 12.1 Å². The van der Waals surface area contributed by atoms with Gasteiger partial charge < -0.3 is 5.73 Å². The molecule has 1 nitrogen and oxygen atoms in total. The van der Waals surface area contributed by atoms with Crippen LogP contribution in [0.5, 0.6) is 0 Å². The molecule has 0 aliphatic heterocycles. The zero-order valence-electron chi connectivity index (χ0n) is 10.5. The fourth-order valence-corrected chi connectivity index (χ4v) is 2.39. The van der Waals surface area contributed by atoms with Crippen LogP contribution < -0.4 is 5.73 Å². The van der Waals surface area contributed by atoms with Gasteiger partial charge in [-0.3, -0.25) is 0 Å². The topological polar surface area (TPSA) is 26.0 Å². The number of hydrogen-bond acceptors (Lipinski definition) is 1. The third kappa shape index (κ3) is 3.14. The second-order valence-corrected chi connectivity index (χ2v) is 4.79. The van der Waals surface area contributed by atoms with Crippen LogP contribution in [0, 0.1) is 0 Å². The van der Waals surface area contributed by atoms with Gasteiger partial charge in [0.05, 0.1) is 5.56 Å². The van der Waals surface area contributed by atoms with E-state index in [0.29, 0.717) is 23.6 Å². The molecule has 2 rings (SSSR count). The third-order valence-electron chi connectivity index (χ3n) is 3.01. The molecule has 5 heteroatoms. The summed E-state index contributed by atoms with van der Waals surface area (Å²) in [6.07, 6.45) is -3.71. The first-order valence-electron chi connectivity index (χ1n) is 6.08. The normalized spacial score (nSPS) is 11.7. The Labute approximate surface area is 120 Å². The number of rotatable bonds is 3. The van der Waals surface area contributed by atoms with Gasteiger partial charge in [0.1, 0.15) is 0 Å². The van der Waals surface area contributed by atoms with Crippen molar-refractivity contribution in [3.63, 3.8) is 0 Å². The Morgan fingerprint density at radius 3 is 2.20 bits per heavy atom. The molecule has 2 aromatic carbocycles. The van der Waals surface area contributed by atoms with Crippen LogP contribution in [0.2, 0.25) is 5.02 Å². The highest BCUT2D eigenvalue weighted by atomic mass is 35.5.